The van der Waals surface area contributed by atoms with Crippen molar-refractivity contribution in [3.05, 3.63) is 35.4 Å². The Kier molecular flexibility index (Phi) is 5.20. The highest BCUT2D eigenvalue weighted by Gasteiger charge is 2.04. The van der Waals surface area contributed by atoms with Crippen LogP contribution in [-0.4, -0.2) is 25.5 Å². The van der Waals surface area contributed by atoms with Crippen molar-refractivity contribution in [1.82, 2.24) is 5.32 Å². The molecule has 0 saturated carbocycles. The summed E-state index contributed by atoms with van der Waals surface area (Å²) in [6.45, 7) is 2.44. The van der Waals surface area contributed by atoms with Crippen molar-refractivity contribution in [3.63, 3.8) is 0 Å². The quantitative estimate of drug-likeness (QED) is 0.788. The molecule has 1 aromatic carbocycles. The van der Waals surface area contributed by atoms with E-state index in [0.717, 1.165) is 12.0 Å². The minimum atomic E-state index is -0.337. The maximum atomic E-state index is 11.2. The number of amides is 1. The van der Waals surface area contributed by atoms with Gasteiger partial charge in [0.15, 0.2) is 0 Å². The van der Waals surface area contributed by atoms with E-state index in [4.69, 9.17) is 0 Å². The van der Waals surface area contributed by atoms with Crippen LogP contribution in [0.3, 0.4) is 0 Å². The molecule has 0 saturated heterocycles. The molecule has 0 aromatic heterocycles. The molecule has 0 radical (unpaired) electrons. The van der Waals surface area contributed by atoms with Crippen LogP contribution in [0.4, 0.5) is 0 Å². The van der Waals surface area contributed by atoms with E-state index in [0.29, 0.717) is 18.5 Å². The summed E-state index contributed by atoms with van der Waals surface area (Å²) in [5.41, 5.74) is 1.61. The van der Waals surface area contributed by atoms with Crippen molar-refractivity contribution in [2.45, 2.75) is 19.8 Å². The summed E-state index contributed by atoms with van der Waals surface area (Å²) in [4.78, 5) is 22.2. The molecule has 4 heteroatoms. The Morgan fingerprint density at radius 3 is 2.41 bits per heavy atom. The molecule has 1 rings (SSSR count). The van der Waals surface area contributed by atoms with Gasteiger partial charge in [0.2, 0.25) is 5.91 Å². The van der Waals surface area contributed by atoms with Crippen molar-refractivity contribution in [2.24, 2.45) is 0 Å². The molecular weight excluding hydrogens is 218 g/mol. The van der Waals surface area contributed by atoms with Crippen molar-refractivity contribution in [1.29, 1.82) is 0 Å². The Morgan fingerprint density at radius 2 is 1.88 bits per heavy atom. The van der Waals surface area contributed by atoms with Gasteiger partial charge in [-0.1, -0.05) is 19.1 Å². The Bertz CT molecular complexity index is 384. The lowest BCUT2D eigenvalue weighted by Crippen LogP contribution is -2.24. The smallest absolute Gasteiger partial charge is 0.337 e. The fraction of sp³-hybridized carbons (Fsp3) is 0.385. The molecule has 0 fully saturated rings. The van der Waals surface area contributed by atoms with Crippen molar-refractivity contribution < 1.29 is 14.3 Å². The maximum Gasteiger partial charge on any atom is 0.337 e. The number of ether oxygens (including phenoxy) is 1. The van der Waals surface area contributed by atoms with E-state index in [2.05, 4.69) is 10.1 Å². The minimum Gasteiger partial charge on any atom is -0.465 e. The second kappa shape index (κ2) is 6.68. The minimum absolute atomic E-state index is 0.0520. The van der Waals surface area contributed by atoms with Gasteiger partial charge in [-0.05, 0) is 24.1 Å². The van der Waals surface area contributed by atoms with Gasteiger partial charge in [-0.3, -0.25) is 4.79 Å². The SMILES string of the molecule is CCC(=O)NCCc1ccc(C(=O)OC)cc1. The number of carbonyl (C=O) groups excluding carboxylic acids is 2. The fourth-order valence-corrected chi connectivity index (χ4v) is 1.40. The lowest BCUT2D eigenvalue weighted by atomic mass is 10.1. The van der Waals surface area contributed by atoms with Crippen LogP contribution in [0.1, 0.15) is 29.3 Å². The lowest BCUT2D eigenvalue weighted by Gasteiger charge is -2.04. The van der Waals surface area contributed by atoms with Gasteiger partial charge in [-0.2, -0.15) is 0 Å². The molecule has 1 amide bonds. The van der Waals surface area contributed by atoms with Crippen molar-refractivity contribution in [2.75, 3.05) is 13.7 Å². The molecule has 0 atom stereocenters. The van der Waals surface area contributed by atoms with Gasteiger partial charge >= 0.3 is 5.97 Å². The van der Waals surface area contributed by atoms with E-state index >= 15 is 0 Å². The standard InChI is InChI=1S/C13H17NO3/c1-3-12(15)14-9-8-10-4-6-11(7-5-10)13(16)17-2/h4-7H,3,8-9H2,1-2H3,(H,14,15). The van der Waals surface area contributed by atoms with E-state index in [1.54, 1.807) is 12.1 Å². The first-order valence-corrected chi connectivity index (χ1v) is 5.61. The monoisotopic (exact) mass is 235 g/mol. The van der Waals surface area contributed by atoms with E-state index in [9.17, 15) is 9.59 Å². The summed E-state index contributed by atoms with van der Waals surface area (Å²) in [5.74, 6) is -0.285. The number of rotatable bonds is 5. The second-order valence-corrected chi connectivity index (χ2v) is 3.64. The summed E-state index contributed by atoms with van der Waals surface area (Å²) in [7, 11) is 1.36. The normalized spacial score (nSPS) is 9.76. The van der Waals surface area contributed by atoms with Gasteiger partial charge in [0.25, 0.3) is 0 Å². The topological polar surface area (TPSA) is 55.4 Å². The Labute approximate surface area is 101 Å². The zero-order valence-electron chi connectivity index (χ0n) is 10.2. The number of methoxy groups -OCH3 is 1. The molecule has 0 bridgehead atoms. The molecule has 0 aliphatic rings. The summed E-state index contributed by atoms with van der Waals surface area (Å²) in [6.07, 6.45) is 1.26. The van der Waals surface area contributed by atoms with Gasteiger partial charge in [0.05, 0.1) is 12.7 Å². The fourth-order valence-electron chi connectivity index (χ4n) is 1.40. The van der Waals surface area contributed by atoms with Crippen LogP contribution < -0.4 is 5.32 Å². The number of hydrogen-bond acceptors (Lipinski definition) is 3. The summed E-state index contributed by atoms with van der Waals surface area (Å²) in [5, 5.41) is 2.80. The van der Waals surface area contributed by atoms with Crippen molar-refractivity contribution in [3.8, 4) is 0 Å². The summed E-state index contributed by atoms with van der Waals surface area (Å²) < 4.78 is 4.61. The molecule has 1 aromatic rings. The predicted molar refractivity (Wildman–Crippen MR) is 64.8 cm³/mol. The Morgan fingerprint density at radius 1 is 1.24 bits per heavy atom. The highest BCUT2D eigenvalue weighted by Crippen LogP contribution is 2.06. The number of esters is 1. The first-order chi connectivity index (χ1) is 8.17. The van der Waals surface area contributed by atoms with Gasteiger partial charge in [-0.25, -0.2) is 4.79 Å². The van der Waals surface area contributed by atoms with Crippen LogP contribution in [0, 0.1) is 0 Å². The molecule has 0 aliphatic carbocycles. The average Bonchev–Trinajstić information content (AvgIpc) is 2.38. The van der Waals surface area contributed by atoms with Crippen LogP contribution in [0.25, 0.3) is 0 Å². The maximum absolute atomic E-state index is 11.2. The Balaban J connectivity index is 2.46. The summed E-state index contributed by atoms with van der Waals surface area (Å²) in [6, 6.07) is 7.18. The highest BCUT2D eigenvalue weighted by molar-refractivity contribution is 5.89. The molecular formula is C13H17NO3. The second-order valence-electron chi connectivity index (χ2n) is 3.64. The van der Waals surface area contributed by atoms with Crippen LogP contribution >= 0.6 is 0 Å². The molecule has 92 valence electrons. The highest BCUT2D eigenvalue weighted by atomic mass is 16.5. The third-order valence-corrected chi connectivity index (χ3v) is 2.43. The molecule has 1 N–H and O–H groups in total. The zero-order valence-corrected chi connectivity index (χ0v) is 10.2. The lowest BCUT2D eigenvalue weighted by molar-refractivity contribution is -0.120. The largest absolute Gasteiger partial charge is 0.465 e. The molecule has 4 nitrogen and oxygen atoms in total. The van der Waals surface area contributed by atoms with Crippen LogP contribution in [0.5, 0.6) is 0 Å². The molecule has 17 heavy (non-hydrogen) atoms. The first kappa shape index (κ1) is 13.2. The van der Waals surface area contributed by atoms with E-state index < -0.39 is 0 Å². The van der Waals surface area contributed by atoms with E-state index in [1.807, 2.05) is 19.1 Å². The number of nitrogens with one attached hydrogen (secondary N) is 1. The Hall–Kier alpha value is -1.84. The zero-order chi connectivity index (χ0) is 12.7. The first-order valence-electron chi connectivity index (χ1n) is 5.61. The van der Waals surface area contributed by atoms with E-state index in [1.165, 1.54) is 7.11 Å². The van der Waals surface area contributed by atoms with E-state index in [-0.39, 0.29) is 11.9 Å². The van der Waals surface area contributed by atoms with Crippen molar-refractivity contribution >= 4 is 11.9 Å². The number of benzene rings is 1. The number of hydrogen-bond donors (Lipinski definition) is 1. The van der Waals surface area contributed by atoms with Crippen LogP contribution in [0.15, 0.2) is 24.3 Å². The molecule has 0 unspecified atom stereocenters. The van der Waals surface area contributed by atoms with Gasteiger partial charge < -0.3 is 10.1 Å². The number of carbonyl (C=O) groups is 2. The van der Waals surface area contributed by atoms with Gasteiger partial charge in [-0.15, -0.1) is 0 Å². The van der Waals surface area contributed by atoms with Gasteiger partial charge in [0.1, 0.15) is 0 Å². The molecule has 0 heterocycles. The third-order valence-electron chi connectivity index (χ3n) is 2.43. The average molecular weight is 235 g/mol. The van der Waals surface area contributed by atoms with Gasteiger partial charge in [0, 0.05) is 13.0 Å². The van der Waals surface area contributed by atoms with Crippen LogP contribution in [0.2, 0.25) is 0 Å². The molecule has 0 aliphatic heterocycles. The predicted octanol–water partition coefficient (Wildman–Crippen LogP) is 1.54. The summed E-state index contributed by atoms with van der Waals surface area (Å²) >= 11 is 0. The third kappa shape index (κ3) is 4.26. The van der Waals surface area contributed by atoms with Crippen LogP contribution in [-0.2, 0) is 16.0 Å². The molecule has 0 spiro atoms.